The lowest BCUT2D eigenvalue weighted by atomic mass is 10.1. The van der Waals surface area contributed by atoms with Gasteiger partial charge in [-0.25, -0.2) is 0 Å². The second-order valence-electron chi connectivity index (χ2n) is 4.79. The van der Waals surface area contributed by atoms with Crippen LogP contribution in [0.4, 0.5) is 5.69 Å². The summed E-state index contributed by atoms with van der Waals surface area (Å²) in [6.07, 6.45) is 0.891. The van der Waals surface area contributed by atoms with Crippen LogP contribution in [0.15, 0.2) is 47.4 Å². The number of aromatic hydroxyl groups is 1. The van der Waals surface area contributed by atoms with Gasteiger partial charge >= 0.3 is 0 Å². The smallest absolute Gasteiger partial charge is 0.234 e. The maximum absolute atomic E-state index is 12.1. The average Bonchev–Trinajstić information content (AvgIpc) is 2.49. The maximum Gasteiger partial charge on any atom is 0.234 e. The van der Waals surface area contributed by atoms with Gasteiger partial charge in [-0.05, 0) is 48.7 Å². The molecule has 0 atom stereocenters. The Morgan fingerprint density at radius 1 is 1.19 bits per heavy atom. The Bertz CT molecular complexity index is 623. The number of hydrogen-bond donors (Lipinski definition) is 2. The first-order valence-electron chi connectivity index (χ1n) is 6.90. The lowest BCUT2D eigenvalue weighted by Gasteiger charge is -2.12. The molecule has 0 radical (unpaired) electrons. The number of nitrogens with one attached hydrogen (secondary N) is 1. The van der Waals surface area contributed by atoms with Crippen LogP contribution in [0, 0.1) is 6.92 Å². The van der Waals surface area contributed by atoms with Crippen LogP contribution < -0.4 is 5.32 Å². The molecule has 0 bridgehead atoms. The zero-order valence-electron chi connectivity index (χ0n) is 12.2. The van der Waals surface area contributed by atoms with Crippen LogP contribution >= 0.6 is 11.8 Å². The Morgan fingerprint density at radius 3 is 2.57 bits per heavy atom. The first kappa shape index (κ1) is 15.4. The van der Waals surface area contributed by atoms with Gasteiger partial charge in [0.05, 0.1) is 5.75 Å². The molecular weight excluding hydrogens is 282 g/mol. The van der Waals surface area contributed by atoms with Crippen LogP contribution in [0.1, 0.15) is 18.1 Å². The van der Waals surface area contributed by atoms with E-state index < -0.39 is 0 Å². The van der Waals surface area contributed by atoms with Crippen molar-refractivity contribution in [2.45, 2.75) is 25.2 Å². The molecule has 2 rings (SSSR count). The predicted molar refractivity (Wildman–Crippen MR) is 88.0 cm³/mol. The number of carbonyl (C=O) groups excluding carboxylic acids is 1. The molecule has 110 valence electrons. The number of hydrogen-bond acceptors (Lipinski definition) is 3. The molecule has 0 spiro atoms. The van der Waals surface area contributed by atoms with E-state index in [4.69, 9.17) is 0 Å². The fourth-order valence-corrected chi connectivity index (χ4v) is 2.77. The Hall–Kier alpha value is -1.94. The van der Waals surface area contributed by atoms with E-state index in [0.29, 0.717) is 5.75 Å². The van der Waals surface area contributed by atoms with Crippen LogP contribution in [0.3, 0.4) is 0 Å². The van der Waals surface area contributed by atoms with Gasteiger partial charge < -0.3 is 10.4 Å². The molecule has 0 aliphatic carbocycles. The number of anilines is 1. The van der Waals surface area contributed by atoms with Gasteiger partial charge in [-0.1, -0.05) is 25.1 Å². The third-order valence-electron chi connectivity index (χ3n) is 3.21. The highest BCUT2D eigenvalue weighted by atomic mass is 32.2. The van der Waals surface area contributed by atoms with Crippen LogP contribution in [-0.2, 0) is 11.2 Å². The Balaban J connectivity index is 1.97. The van der Waals surface area contributed by atoms with Crippen LogP contribution in [0.2, 0.25) is 0 Å². The van der Waals surface area contributed by atoms with Gasteiger partial charge in [-0.2, -0.15) is 0 Å². The first-order valence-corrected chi connectivity index (χ1v) is 7.89. The summed E-state index contributed by atoms with van der Waals surface area (Å²) in [5.41, 5.74) is 3.16. The molecule has 2 aromatic carbocycles. The fraction of sp³-hybridized carbons (Fsp3) is 0.235. The molecule has 0 aromatic heterocycles. The van der Waals surface area contributed by atoms with Gasteiger partial charge in [-0.15, -0.1) is 11.8 Å². The zero-order chi connectivity index (χ0) is 15.2. The summed E-state index contributed by atoms with van der Waals surface area (Å²) in [4.78, 5) is 13.1. The second-order valence-corrected chi connectivity index (χ2v) is 5.84. The first-order chi connectivity index (χ1) is 10.1. The number of amides is 1. The molecule has 0 saturated carbocycles. The van der Waals surface area contributed by atoms with Crippen molar-refractivity contribution in [2.75, 3.05) is 11.1 Å². The number of rotatable bonds is 5. The van der Waals surface area contributed by atoms with Crippen molar-refractivity contribution >= 4 is 23.4 Å². The molecule has 2 aromatic rings. The van der Waals surface area contributed by atoms with E-state index in [9.17, 15) is 9.90 Å². The number of benzene rings is 2. The van der Waals surface area contributed by atoms with Gasteiger partial charge in [0.15, 0.2) is 0 Å². The minimum atomic E-state index is -0.0166. The van der Waals surface area contributed by atoms with Crippen molar-refractivity contribution < 1.29 is 9.90 Å². The highest BCUT2D eigenvalue weighted by Crippen LogP contribution is 2.23. The molecule has 1 amide bonds. The van der Waals surface area contributed by atoms with Gasteiger partial charge in [0.2, 0.25) is 5.91 Å². The van der Waals surface area contributed by atoms with Crippen molar-refractivity contribution in [1.82, 2.24) is 0 Å². The van der Waals surface area contributed by atoms with E-state index in [2.05, 4.69) is 12.2 Å². The quantitative estimate of drug-likeness (QED) is 0.821. The molecule has 0 unspecified atom stereocenters. The van der Waals surface area contributed by atoms with Gasteiger partial charge in [0.1, 0.15) is 5.75 Å². The van der Waals surface area contributed by atoms with E-state index in [0.717, 1.165) is 28.1 Å². The largest absolute Gasteiger partial charge is 0.508 e. The number of para-hydroxylation sites is 1. The van der Waals surface area contributed by atoms with Gasteiger partial charge in [-0.3, -0.25) is 4.79 Å². The van der Waals surface area contributed by atoms with Crippen molar-refractivity contribution in [1.29, 1.82) is 0 Å². The minimum Gasteiger partial charge on any atom is -0.508 e. The summed E-state index contributed by atoms with van der Waals surface area (Å²) in [6.45, 7) is 4.08. The number of phenols is 1. The topological polar surface area (TPSA) is 49.3 Å². The van der Waals surface area contributed by atoms with Crippen LogP contribution in [-0.4, -0.2) is 16.8 Å². The molecule has 0 saturated heterocycles. The Kier molecular flexibility index (Phi) is 5.28. The standard InChI is InChI=1S/C17H19NO2S/c1-3-13-6-4-5-12(2)17(13)18-16(20)11-21-15-9-7-14(19)8-10-15/h4-10,19H,3,11H2,1-2H3,(H,18,20). The van der Waals surface area contributed by atoms with E-state index in [1.807, 2.05) is 25.1 Å². The molecule has 0 heterocycles. The number of thioether (sulfide) groups is 1. The number of carbonyl (C=O) groups is 1. The van der Waals surface area contributed by atoms with Gasteiger partial charge in [0.25, 0.3) is 0 Å². The molecular formula is C17H19NO2S. The number of aryl methyl sites for hydroxylation is 2. The van der Waals surface area contributed by atoms with Crippen molar-refractivity contribution in [2.24, 2.45) is 0 Å². The summed E-state index contributed by atoms with van der Waals surface area (Å²) in [5.74, 6) is 0.566. The lowest BCUT2D eigenvalue weighted by molar-refractivity contribution is -0.113. The Labute approximate surface area is 129 Å². The van der Waals surface area contributed by atoms with Crippen molar-refractivity contribution in [3.63, 3.8) is 0 Å². The zero-order valence-corrected chi connectivity index (χ0v) is 13.0. The highest BCUT2D eigenvalue weighted by molar-refractivity contribution is 8.00. The highest BCUT2D eigenvalue weighted by Gasteiger charge is 2.09. The summed E-state index contributed by atoms with van der Waals surface area (Å²) in [7, 11) is 0. The summed E-state index contributed by atoms with van der Waals surface area (Å²) >= 11 is 1.45. The van der Waals surface area contributed by atoms with E-state index in [1.165, 1.54) is 11.8 Å². The second kappa shape index (κ2) is 7.18. The molecule has 0 fully saturated rings. The summed E-state index contributed by atoms with van der Waals surface area (Å²) < 4.78 is 0. The lowest BCUT2D eigenvalue weighted by Crippen LogP contribution is -2.16. The summed E-state index contributed by atoms with van der Waals surface area (Å²) in [5, 5.41) is 12.2. The fourth-order valence-electron chi connectivity index (χ4n) is 2.07. The normalized spacial score (nSPS) is 10.4. The summed E-state index contributed by atoms with van der Waals surface area (Å²) in [6, 6.07) is 12.9. The minimum absolute atomic E-state index is 0.0166. The van der Waals surface area contributed by atoms with E-state index in [1.54, 1.807) is 24.3 Å². The predicted octanol–water partition coefficient (Wildman–Crippen LogP) is 3.99. The van der Waals surface area contributed by atoms with Gasteiger partial charge in [0, 0.05) is 10.6 Å². The van der Waals surface area contributed by atoms with Crippen molar-refractivity contribution in [3.05, 3.63) is 53.6 Å². The van der Waals surface area contributed by atoms with E-state index in [-0.39, 0.29) is 11.7 Å². The third-order valence-corrected chi connectivity index (χ3v) is 4.22. The molecule has 2 N–H and O–H groups in total. The average molecular weight is 301 g/mol. The molecule has 0 aliphatic heterocycles. The Morgan fingerprint density at radius 2 is 1.90 bits per heavy atom. The molecule has 4 heteroatoms. The maximum atomic E-state index is 12.1. The molecule has 21 heavy (non-hydrogen) atoms. The van der Waals surface area contributed by atoms with Crippen molar-refractivity contribution in [3.8, 4) is 5.75 Å². The van der Waals surface area contributed by atoms with Crippen LogP contribution in [0.25, 0.3) is 0 Å². The monoisotopic (exact) mass is 301 g/mol. The van der Waals surface area contributed by atoms with E-state index >= 15 is 0 Å². The SMILES string of the molecule is CCc1cccc(C)c1NC(=O)CSc1ccc(O)cc1. The van der Waals surface area contributed by atoms with Crippen LogP contribution in [0.5, 0.6) is 5.75 Å². The third kappa shape index (κ3) is 4.26. The number of phenolic OH excluding ortho intramolecular Hbond substituents is 1. The molecule has 3 nitrogen and oxygen atoms in total. The molecule has 0 aliphatic rings.